The maximum Gasteiger partial charge on any atom is 0.394 e. The van der Waals surface area contributed by atoms with E-state index in [2.05, 4.69) is 10.6 Å². The van der Waals surface area contributed by atoms with E-state index in [1.165, 1.54) is 18.2 Å². The van der Waals surface area contributed by atoms with Crippen LogP contribution in [0.15, 0.2) is 18.2 Å². The summed E-state index contributed by atoms with van der Waals surface area (Å²) in [6.07, 6.45) is 0.301. The molecular formula is C19H15N3O8S. The van der Waals surface area contributed by atoms with Crippen LogP contribution in [-0.4, -0.2) is 63.0 Å². The number of aliphatic carboxylic acids is 1. The molecule has 5 N–H and O–H groups in total. The lowest BCUT2D eigenvalue weighted by atomic mass is 9.99. The Bertz CT molecular complexity index is 1170. The molecule has 1 aromatic carbocycles. The number of aromatic carboxylic acids is 1. The molecule has 31 heavy (non-hydrogen) atoms. The number of nitrogens with one attached hydrogen (secondary N) is 2. The minimum absolute atomic E-state index is 0.0767. The van der Waals surface area contributed by atoms with Crippen LogP contribution in [0.5, 0.6) is 5.75 Å². The van der Waals surface area contributed by atoms with Gasteiger partial charge in [-0.3, -0.25) is 19.3 Å². The summed E-state index contributed by atoms with van der Waals surface area (Å²) in [4.78, 5) is 61.1. The Hall–Kier alpha value is -3.77. The van der Waals surface area contributed by atoms with Gasteiger partial charge in [-0.05, 0) is 30.7 Å². The first kappa shape index (κ1) is 20.5. The average Bonchev–Trinajstić information content (AvgIpc) is 3.20. The zero-order valence-corrected chi connectivity index (χ0v) is 16.5. The molecule has 2 aliphatic rings. The largest absolute Gasteiger partial charge is 0.507 e. The van der Waals surface area contributed by atoms with Crippen molar-refractivity contribution in [2.75, 3.05) is 18.4 Å². The minimum atomic E-state index is -1.76. The van der Waals surface area contributed by atoms with Crippen LogP contribution in [-0.2, 0) is 16.0 Å². The Morgan fingerprint density at radius 1 is 1.19 bits per heavy atom. The third-order valence-electron chi connectivity index (χ3n) is 5.10. The van der Waals surface area contributed by atoms with Gasteiger partial charge < -0.3 is 26.0 Å². The molecule has 2 aromatic rings. The van der Waals surface area contributed by atoms with Gasteiger partial charge in [-0.2, -0.15) is 0 Å². The van der Waals surface area contributed by atoms with Gasteiger partial charge in [0.25, 0.3) is 11.8 Å². The summed E-state index contributed by atoms with van der Waals surface area (Å²) in [6.45, 7) is 0.208. The lowest BCUT2D eigenvalue weighted by Gasteiger charge is -2.27. The number of carbonyl (C=O) groups excluding carboxylic acids is 3. The number of carboxylic acids is 2. The first-order valence-corrected chi connectivity index (χ1v) is 9.87. The molecule has 0 saturated carbocycles. The number of thiophene rings is 1. The van der Waals surface area contributed by atoms with E-state index in [1.807, 2.05) is 0 Å². The van der Waals surface area contributed by atoms with Crippen molar-refractivity contribution in [2.45, 2.75) is 12.5 Å². The highest BCUT2D eigenvalue weighted by Crippen LogP contribution is 2.41. The van der Waals surface area contributed by atoms with Crippen molar-refractivity contribution < 1.29 is 39.3 Å². The van der Waals surface area contributed by atoms with Crippen molar-refractivity contribution >= 4 is 46.0 Å². The number of imide groups is 1. The van der Waals surface area contributed by atoms with Crippen molar-refractivity contribution in [2.24, 2.45) is 0 Å². The molecular weight excluding hydrogens is 430 g/mol. The van der Waals surface area contributed by atoms with Gasteiger partial charge in [-0.15, -0.1) is 11.3 Å². The highest BCUT2D eigenvalue weighted by molar-refractivity contribution is 7.17. The number of amides is 3. The molecule has 1 aromatic heterocycles. The van der Waals surface area contributed by atoms with E-state index in [-0.39, 0.29) is 34.0 Å². The predicted molar refractivity (Wildman–Crippen MR) is 105 cm³/mol. The smallest absolute Gasteiger partial charge is 0.394 e. The Balaban J connectivity index is 1.68. The molecule has 0 spiro atoms. The zero-order valence-electron chi connectivity index (χ0n) is 15.7. The highest BCUT2D eigenvalue weighted by Gasteiger charge is 2.40. The Labute approximate surface area is 177 Å². The van der Waals surface area contributed by atoms with Crippen LogP contribution in [0.25, 0.3) is 0 Å². The lowest BCUT2D eigenvalue weighted by molar-refractivity contribution is -0.147. The number of carboxylic acid groups (broad SMARTS) is 2. The summed E-state index contributed by atoms with van der Waals surface area (Å²) in [5.74, 6) is -6.02. The van der Waals surface area contributed by atoms with Crippen LogP contribution < -0.4 is 10.6 Å². The third kappa shape index (κ3) is 3.31. The van der Waals surface area contributed by atoms with Gasteiger partial charge in [0.05, 0.1) is 22.7 Å². The summed E-state index contributed by atoms with van der Waals surface area (Å²) in [7, 11) is 0. The van der Waals surface area contributed by atoms with Crippen molar-refractivity contribution in [1.82, 2.24) is 10.2 Å². The molecule has 0 aliphatic carbocycles. The maximum atomic E-state index is 12.7. The van der Waals surface area contributed by atoms with Gasteiger partial charge in [-0.25, -0.2) is 9.59 Å². The minimum Gasteiger partial charge on any atom is -0.507 e. The van der Waals surface area contributed by atoms with Gasteiger partial charge in [-0.1, -0.05) is 6.07 Å². The maximum absolute atomic E-state index is 12.7. The fourth-order valence-corrected chi connectivity index (χ4v) is 5.06. The number of rotatable bonds is 4. The Morgan fingerprint density at radius 3 is 2.58 bits per heavy atom. The molecule has 0 radical (unpaired) electrons. The normalized spacial score (nSPS) is 17.3. The Kier molecular flexibility index (Phi) is 4.95. The number of nitrogens with zero attached hydrogens (tertiary/aromatic N) is 1. The number of carbonyl (C=O) groups is 5. The van der Waals surface area contributed by atoms with Crippen LogP contribution >= 0.6 is 11.3 Å². The van der Waals surface area contributed by atoms with Crippen LogP contribution in [0.2, 0.25) is 0 Å². The van der Waals surface area contributed by atoms with Crippen molar-refractivity contribution in [3.8, 4) is 5.75 Å². The predicted octanol–water partition coefficient (Wildman–Crippen LogP) is 0.658. The topological polar surface area (TPSA) is 173 Å². The summed E-state index contributed by atoms with van der Waals surface area (Å²) >= 11 is 0.880. The fourth-order valence-electron chi connectivity index (χ4n) is 3.76. The van der Waals surface area contributed by atoms with Gasteiger partial charge in [0, 0.05) is 11.4 Å². The second-order valence-corrected chi connectivity index (χ2v) is 7.94. The van der Waals surface area contributed by atoms with E-state index >= 15 is 0 Å². The molecule has 4 rings (SSSR count). The standard InChI is InChI=1S/C19H15N3O8S/c23-10-3-1-2-8-11(10)17(26)22(16(8)25)6-9-13-7(4-5-20-9)12(18(27)28)15(31-13)21-14(24)19(29)30/h1-3,9,20,23H,4-6H2,(H,21,24)(H,27,28)(H,29,30). The molecule has 1 atom stereocenters. The Morgan fingerprint density at radius 2 is 1.94 bits per heavy atom. The fraction of sp³-hybridized carbons (Fsp3) is 0.211. The second-order valence-electron chi connectivity index (χ2n) is 6.89. The number of fused-ring (bicyclic) bond motifs is 2. The van der Waals surface area contributed by atoms with E-state index in [0.717, 1.165) is 16.2 Å². The van der Waals surface area contributed by atoms with E-state index in [1.54, 1.807) is 0 Å². The molecule has 2 aliphatic heterocycles. The highest BCUT2D eigenvalue weighted by atomic mass is 32.1. The van der Waals surface area contributed by atoms with Crippen LogP contribution in [0.4, 0.5) is 5.00 Å². The second kappa shape index (κ2) is 7.49. The van der Waals surface area contributed by atoms with Gasteiger partial charge in [0.2, 0.25) is 0 Å². The van der Waals surface area contributed by atoms with Gasteiger partial charge in [0.1, 0.15) is 10.8 Å². The summed E-state index contributed by atoms with van der Waals surface area (Å²) in [6, 6.07) is 3.56. The van der Waals surface area contributed by atoms with Crippen molar-refractivity contribution in [3.05, 3.63) is 45.3 Å². The lowest BCUT2D eigenvalue weighted by Crippen LogP contribution is -2.41. The zero-order chi connectivity index (χ0) is 22.4. The number of aromatic hydroxyl groups is 1. The molecule has 12 heteroatoms. The molecule has 11 nitrogen and oxygen atoms in total. The van der Waals surface area contributed by atoms with Crippen molar-refractivity contribution in [3.63, 3.8) is 0 Å². The van der Waals surface area contributed by atoms with Crippen molar-refractivity contribution in [1.29, 1.82) is 0 Å². The van der Waals surface area contributed by atoms with Crippen LogP contribution in [0.3, 0.4) is 0 Å². The quantitative estimate of drug-likeness (QED) is 0.334. The SMILES string of the molecule is O=C(O)C(=O)Nc1sc2c(c1C(=O)O)CCNC2CN1C(=O)c2cccc(O)c2C1=O. The number of anilines is 1. The molecule has 1 unspecified atom stereocenters. The van der Waals surface area contributed by atoms with E-state index < -0.39 is 35.7 Å². The summed E-state index contributed by atoms with van der Waals surface area (Å²) in [5, 5.41) is 33.5. The molecule has 0 fully saturated rings. The van der Waals surface area contributed by atoms with Crippen LogP contribution in [0, 0.1) is 0 Å². The molecule has 160 valence electrons. The third-order valence-corrected chi connectivity index (χ3v) is 6.36. The van der Waals surface area contributed by atoms with E-state index in [9.17, 15) is 34.2 Å². The van der Waals surface area contributed by atoms with Crippen LogP contribution in [0.1, 0.15) is 47.6 Å². The van der Waals surface area contributed by atoms with Gasteiger partial charge >= 0.3 is 17.8 Å². The average molecular weight is 445 g/mol. The van der Waals surface area contributed by atoms with E-state index in [0.29, 0.717) is 23.4 Å². The summed E-state index contributed by atoms with van der Waals surface area (Å²) < 4.78 is 0. The number of benzene rings is 1. The number of hydrogen-bond donors (Lipinski definition) is 5. The summed E-state index contributed by atoms with van der Waals surface area (Å²) in [5.41, 5.74) is 0.186. The first-order valence-electron chi connectivity index (χ1n) is 9.05. The van der Waals surface area contributed by atoms with Gasteiger partial charge in [0.15, 0.2) is 0 Å². The molecule has 3 amide bonds. The van der Waals surface area contributed by atoms with E-state index in [4.69, 9.17) is 5.11 Å². The number of hydrogen-bond acceptors (Lipinski definition) is 8. The number of phenols is 1. The molecule has 3 heterocycles. The monoisotopic (exact) mass is 445 g/mol. The number of phenolic OH excluding ortho intramolecular Hbond substituents is 1. The molecule has 0 bridgehead atoms. The first-order chi connectivity index (χ1) is 14.7. The molecule has 0 saturated heterocycles.